The van der Waals surface area contributed by atoms with Crippen molar-refractivity contribution >= 4 is 11.6 Å². The Bertz CT molecular complexity index is 977. The molecule has 29 heavy (non-hydrogen) atoms. The Morgan fingerprint density at radius 2 is 1.79 bits per heavy atom. The van der Waals surface area contributed by atoms with Gasteiger partial charge in [0.2, 0.25) is 0 Å². The lowest BCUT2D eigenvalue weighted by Crippen LogP contribution is -2.30. The molecule has 1 aromatic heterocycles. The summed E-state index contributed by atoms with van der Waals surface area (Å²) in [5, 5.41) is 11.7. The van der Waals surface area contributed by atoms with E-state index in [2.05, 4.69) is 20.1 Å². The summed E-state index contributed by atoms with van der Waals surface area (Å²) in [5.74, 6) is 2.46. The smallest absolute Gasteiger partial charge is 0.265 e. The fourth-order valence-electron chi connectivity index (χ4n) is 3.52. The summed E-state index contributed by atoms with van der Waals surface area (Å²) in [6.45, 7) is 4.72. The van der Waals surface area contributed by atoms with E-state index < -0.39 is 6.10 Å². The van der Waals surface area contributed by atoms with Crippen LogP contribution in [-0.4, -0.2) is 26.8 Å². The van der Waals surface area contributed by atoms with Crippen molar-refractivity contribution < 1.29 is 9.53 Å². The van der Waals surface area contributed by atoms with Crippen molar-refractivity contribution in [3.05, 3.63) is 59.9 Å². The molecule has 0 saturated heterocycles. The molecule has 1 atom stereocenters. The Balaban J connectivity index is 1.41. The van der Waals surface area contributed by atoms with Gasteiger partial charge in [0.1, 0.15) is 11.6 Å². The van der Waals surface area contributed by atoms with Crippen molar-refractivity contribution in [2.45, 2.75) is 52.2 Å². The summed E-state index contributed by atoms with van der Waals surface area (Å²) in [7, 11) is 0. The fourth-order valence-corrected chi connectivity index (χ4v) is 3.52. The summed E-state index contributed by atoms with van der Waals surface area (Å²) in [6.07, 6.45) is 3.96. The van der Waals surface area contributed by atoms with E-state index in [-0.39, 0.29) is 5.91 Å². The number of benzene rings is 2. The average Bonchev–Trinajstić information content (AvgIpc) is 2.98. The number of aromatic nitrogens is 3. The first-order valence-electron chi connectivity index (χ1n) is 10.2. The Morgan fingerprint density at radius 1 is 1.03 bits per heavy atom. The van der Waals surface area contributed by atoms with Crippen molar-refractivity contribution in [3.63, 3.8) is 0 Å². The number of hydrogen-bond acceptors (Lipinski definition) is 4. The van der Waals surface area contributed by atoms with E-state index in [1.165, 1.54) is 12.8 Å². The molecule has 0 spiro atoms. The fraction of sp³-hybridized carbons (Fsp3) is 0.348. The minimum absolute atomic E-state index is 0.185. The van der Waals surface area contributed by atoms with Gasteiger partial charge in [-0.25, -0.2) is 0 Å². The molecule has 2 aromatic carbocycles. The van der Waals surface area contributed by atoms with Gasteiger partial charge in [-0.1, -0.05) is 24.1 Å². The van der Waals surface area contributed by atoms with Crippen LogP contribution < -0.4 is 10.1 Å². The number of anilines is 1. The topological polar surface area (TPSA) is 69.0 Å². The molecule has 0 fully saturated rings. The highest BCUT2D eigenvalue weighted by molar-refractivity contribution is 5.94. The van der Waals surface area contributed by atoms with Crippen molar-refractivity contribution in [1.82, 2.24) is 14.8 Å². The Hall–Kier alpha value is -3.15. The van der Waals surface area contributed by atoms with E-state index in [4.69, 9.17) is 4.74 Å². The SMILES string of the molecule is Cc1ccc(OC(C)C(=O)Nc2ccc(-c3nnc4n3CCCCC4)cc2)cc1. The van der Waals surface area contributed by atoms with Crippen molar-refractivity contribution in [2.75, 3.05) is 5.32 Å². The number of fused-ring (bicyclic) bond motifs is 1. The maximum absolute atomic E-state index is 12.5. The molecule has 1 amide bonds. The van der Waals surface area contributed by atoms with Crippen LogP contribution in [-0.2, 0) is 17.8 Å². The molecule has 3 aromatic rings. The molecule has 6 heteroatoms. The lowest BCUT2D eigenvalue weighted by atomic mass is 10.2. The summed E-state index contributed by atoms with van der Waals surface area (Å²) >= 11 is 0. The first-order valence-corrected chi connectivity index (χ1v) is 10.2. The Kier molecular flexibility index (Phi) is 5.60. The van der Waals surface area contributed by atoms with Crippen LogP contribution in [0.3, 0.4) is 0 Å². The Morgan fingerprint density at radius 3 is 2.55 bits per heavy atom. The van der Waals surface area contributed by atoms with Gasteiger partial charge in [-0.3, -0.25) is 4.79 Å². The monoisotopic (exact) mass is 390 g/mol. The molecule has 0 radical (unpaired) electrons. The van der Waals surface area contributed by atoms with Crippen LogP contribution in [0.15, 0.2) is 48.5 Å². The predicted octanol–water partition coefficient (Wildman–Crippen LogP) is 4.39. The Labute approximate surface area is 170 Å². The number of rotatable bonds is 5. The third-order valence-corrected chi connectivity index (χ3v) is 5.22. The van der Waals surface area contributed by atoms with Gasteiger partial charge in [0, 0.05) is 24.2 Å². The third kappa shape index (κ3) is 4.47. The number of carbonyl (C=O) groups excluding carboxylic acids is 1. The van der Waals surface area contributed by atoms with Gasteiger partial charge in [0.05, 0.1) is 0 Å². The van der Waals surface area contributed by atoms with Crippen LogP contribution in [0.5, 0.6) is 5.75 Å². The van der Waals surface area contributed by atoms with Crippen LogP contribution in [0.4, 0.5) is 5.69 Å². The number of amides is 1. The maximum Gasteiger partial charge on any atom is 0.265 e. The predicted molar refractivity (Wildman–Crippen MR) is 113 cm³/mol. The van der Waals surface area contributed by atoms with Gasteiger partial charge >= 0.3 is 0 Å². The van der Waals surface area contributed by atoms with E-state index in [0.717, 1.165) is 47.8 Å². The van der Waals surface area contributed by atoms with E-state index in [0.29, 0.717) is 5.75 Å². The van der Waals surface area contributed by atoms with Gasteiger partial charge in [-0.15, -0.1) is 10.2 Å². The molecule has 1 aliphatic heterocycles. The quantitative estimate of drug-likeness (QED) is 0.702. The zero-order valence-corrected chi connectivity index (χ0v) is 16.9. The molecule has 1 aliphatic rings. The normalized spacial score (nSPS) is 14.6. The van der Waals surface area contributed by atoms with E-state index in [1.54, 1.807) is 6.92 Å². The molecule has 0 bridgehead atoms. The summed E-state index contributed by atoms with van der Waals surface area (Å²) < 4.78 is 7.95. The molecule has 2 heterocycles. The molecule has 6 nitrogen and oxygen atoms in total. The van der Waals surface area contributed by atoms with Gasteiger partial charge in [-0.2, -0.15) is 0 Å². The molecule has 1 N–H and O–H groups in total. The number of nitrogens with one attached hydrogen (secondary N) is 1. The standard InChI is InChI=1S/C23H26N4O2/c1-16-7-13-20(14-8-16)29-17(2)23(28)24-19-11-9-18(10-12-19)22-26-25-21-6-4-3-5-15-27(21)22/h7-14,17H,3-6,15H2,1-2H3,(H,24,28). The summed E-state index contributed by atoms with van der Waals surface area (Å²) in [5.41, 5.74) is 2.89. The third-order valence-electron chi connectivity index (χ3n) is 5.22. The van der Waals surface area contributed by atoms with Crippen molar-refractivity contribution in [1.29, 1.82) is 0 Å². The first-order chi connectivity index (χ1) is 14.1. The van der Waals surface area contributed by atoms with Gasteiger partial charge in [0.25, 0.3) is 5.91 Å². The van der Waals surface area contributed by atoms with Crippen molar-refractivity contribution in [3.8, 4) is 17.1 Å². The lowest BCUT2D eigenvalue weighted by molar-refractivity contribution is -0.122. The number of aryl methyl sites for hydroxylation is 2. The first kappa shape index (κ1) is 19.2. The minimum atomic E-state index is -0.593. The van der Waals surface area contributed by atoms with Gasteiger partial charge in [0.15, 0.2) is 11.9 Å². The molecule has 4 rings (SSSR count). The molecule has 0 aliphatic carbocycles. The molecule has 1 unspecified atom stereocenters. The average molecular weight is 390 g/mol. The highest BCUT2D eigenvalue weighted by atomic mass is 16.5. The number of ether oxygens (including phenoxy) is 1. The second-order valence-electron chi connectivity index (χ2n) is 7.54. The van der Waals surface area contributed by atoms with Crippen LogP contribution in [0.1, 0.15) is 37.6 Å². The zero-order chi connectivity index (χ0) is 20.2. The number of hydrogen-bond donors (Lipinski definition) is 1. The zero-order valence-electron chi connectivity index (χ0n) is 16.9. The second kappa shape index (κ2) is 8.47. The second-order valence-corrected chi connectivity index (χ2v) is 7.54. The van der Waals surface area contributed by atoms with Gasteiger partial charge in [-0.05, 0) is 63.1 Å². The molecule has 0 saturated carbocycles. The van der Waals surface area contributed by atoms with Crippen LogP contribution in [0.25, 0.3) is 11.4 Å². The highest BCUT2D eigenvalue weighted by Crippen LogP contribution is 2.24. The highest BCUT2D eigenvalue weighted by Gasteiger charge is 2.17. The summed E-state index contributed by atoms with van der Waals surface area (Å²) in [6, 6.07) is 15.4. The van der Waals surface area contributed by atoms with E-state index in [9.17, 15) is 4.79 Å². The molecular weight excluding hydrogens is 364 g/mol. The van der Waals surface area contributed by atoms with E-state index in [1.807, 2.05) is 55.5 Å². The number of carbonyl (C=O) groups is 1. The van der Waals surface area contributed by atoms with Crippen LogP contribution in [0, 0.1) is 6.92 Å². The molecular formula is C23H26N4O2. The van der Waals surface area contributed by atoms with Gasteiger partial charge < -0.3 is 14.6 Å². The summed E-state index contributed by atoms with van der Waals surface area (Å²) in [4.78, 5) is 12.5. The van der Waals surface area contributed by atoms with Crippen molar-refractivity contribution in [2.24, 2.45) is 0 Å². The largest absolute Gasteiger partial charge is 0.481 e. The number of nitrogens with zero attached hydrogens (tertiary/aromatic N) is 3. The maximum atomic E-state index is 12.5. The van der Waals surface area contributed by atoms with E-state index >= 15 is 0 Å². The molecule has 150 valence electrons. The lowest BCUT2D eigenvalue weighted by Gasteiger charge is -2.15. The van der Waals surface area contributed by atoms with Crippen LogP contribution >= 0.6 is 0 Å². The van der Waals surface area contributed by atoms with Crippen LogP contribution in [0.2, 0.25) is 0 Å². The minimum Gasteiger partial charge on any atom is -0.481 e.